The molecule has 0 saturated heterocycles. The van der Waals surface area contributed by atoms with Gasteiger partial charge in [0.1, 0.15) is 5.75 Å². The number of benzene rings is 2. The normalized spacial score (nSPS) is 10.1. The summed E-state index contributed by atoms with van der Waals surface area (Å²) < 4.78 is 0. The van der Waals surface area contributed by atoms with E-state index in [1.165, 1.54) is 25.1 Å². The molecule has 0 radical (unpaired) electrons. The number of para-hydroxylation sites is 1. The lowest BCUT2D eigenvalue weighted by molar-refractivity contribution is 0.101. The zero-order chi connectivity index (χ0) is 14.7. The van der Waals surface area contributed by atoms with Gasteiger partial charge in [-0.15, -0.1) is 0 Å². The van der Waals surface area contributed by atoms with Crippen molar-refractivity contribution in [2.45, 2.75) is 6.92 Å². The van der Waals surface area contributed by atoms with Crippen LogP contribution in [0, 0.1) is 0 Å². The Labute approximate surface area is 121 Å². The van der Waals surface area contributed by atoms with Gasteiger partial charge in [0.05, 0.1) is 16.3 Å². The number of ketones is 1. The van der Waals surface area contributed by atoms with Crippen molar-refractivity contribution in [2.24, 2.45) is 0 Å². The third kappa shape index (κ3) is 2.97. The van der Waals surface area contributed by atoms with Crippen LogP contribution in [0.3, 0.4) is 0 Å². The maximum atomic E-state index is 12.1. The molecule has 102 valence electrons. The number of anilines is 1. The van der Waals surface area contributed by atoms with Gasteiger partial charge in [-0.3, -0.25) is 9.59 Å². The molecule has 4 nitrogen and oxygen atoms in total. The van der Waals surface area contributed by atoms with Gasteiger partial charge in [0.25, 0.3) is 5.91 Å². The maximum Gasteiger partial charge on any atom is 0.257 e. The van der Waals surface area contributed by atoms with Crippen LogP contribution in [0.2, 0.25) is 5.02 Å². The van der Waals surface area contributed by atoms with Crippen molar-refractivity contribution in [3.05, 3.63) is 58.6 Å². The predicted molar refractivity (Wildman–Crippen MR) is 77.5 cm³/mol. The van der Waals surface area contributed by atoms with E-state index in [9.17, 15) is 14.7 Å². The van der Waals surface area contributed by atoms with Gasteiger partial charge < -0.3 is 10.4 Å². The average Bonchev–Trinajstić information content (AvgIpc) is 2.41. The van der Waals surface area contributed by atoms with E-state index >= 15 is 0 Å². The van der Waals surface area contributed by atoms with Crippen molar-refractivity contribution in [3.8, 4) is 5.75 Å². The van der Waals surface area contributed by atoms with E-state index in [-0.39, 0.29) is 22.1 Å². The molecular formula is C15H12ClNO3. The molecule has 2 aromatic carbocycles. The second-order valence-corrected chi connectivity index (χ2v) is 4.63. The third-order valence-electron chi connectivity index (χ3n) is 2.75. The van der Waals surface area contributed by atoms with Gasteiger partial charge in [-0.05, 0) is 37.3 Å². The van der Waals surface area contributed by atoms with Crippen LogP contribution in [0.1, 0.15) is 27.6 Å². The molecule has 0 fully saturated rings. The van der Waals surface area contributed by atoms with Crippen molar-refractivity contribution in [2.75, 3.05) is 5.32 Å². The lowest BCUT2D eigenvalue weighted by Gasteiger charge is -2.10. The monoisotopic (exact) mass is 289 g/mol. The SMILES string of the molecule is CC(=O)c1ccccc1NC(=O)c1cc(O)ccc1Cl. The van der Waals surface area contributed by atoms with Gasteiger partial charge >= 0.3 is 0 Å². The topological polar surface area (TPSA) is 66.4 Å². The fraction of sp³-hybridized carbons (Fsp3) is 0.0667. The predicted octanol–water partition coefficient (Wildman–Crippen LogP) is 3.50. The van der Waals surface area contributed by atoms with Crippen LogP contribution in [0.15, 0.2) is 42.5 Å². The fourth-order valence-corrected chi connectivity index (χ4v) is 1.98. The zero-order valence-corrected chi connectivity index (χ0v) is 11.4. The molecule has 0 aromatic heterocycles. The summed E-state index contributed by atoms with van der Waals surface area (Å²) in [5.74, 6) is -0.693. The molecule has 1 amide bonds. The first-order chi connectivity index (χ1) is 9.49. The molecule has 0 aliphatic carbocycles. The summed E-state index contributed by atoms with van der Waals surface area (Å²) in [4.78, 5) is 23.6. The smallest absolute Gasteiger partial charge is 0.257 e. The highest BCUT2D eigenvalue weighted by molar-refractivity contribution is 6.34. The van der Waals surface area contributed by atoms with E-state index in [0.717, 1.165) is 0 Å². The second kappa shape index (κ2) is 5.75. The fourth-order valence-electron chi connectivity index (χ4n) is 1.78. The number of amides is 1. The molecule has 0 aliphatic heterocycles. The van der Waals surface area contributed by atoms with Crippen molar-refractivity contribution >= 4 is 29.0 Å². The Hall–Kier alpha value is -2.33. The van der Waals surface area contributed by atoms with Crippen LogP contribution < -0.4 is 5.32 Å². The van der Waals surface area contributed by atoms with Gasteiger partial charge in [0, 0.05) is 5.56 Å². The first-order valence-electron chi connectivity index (χ1n) is 5.89. The number of rotatable bonds is 3. The maximum absolute atomic E-state index is 12.1. The highest BCUT2D eigenvalue weighted by atomic mass is 35.5. The van der Waals surface area contributed by atoms with Gasteiger partial charge in [0.2, 0.25) is 0 Å². The van der Waals surface area contributed by atoms with Crippen LogP contribution >= 0.6 is 11.6 Å². The summed E-state index contributed by atoms with van der Waals surface area (Å²) in [7, 11) is 0. The molecule has 0 spiro atoms. The lowest BCUT2D eigenvalue weighted by Crippen LogP contribution is -2.14. The van der Waals surface area contributed by atoms with Crippen LogP contribution in [-0.4, -0.2) is 16.8 Å². The lowest BCUT2D eigenvalue weighted by atomic mass is 10.1. The van der Waals surface area contributed by atoms with Crippen LogP contribution in [0.5, 0.6) is 5.75 Å². The van der Waals surface area contributed by atoms with Gasteiger partial charge in [-0.25, -0.2) is 0 Å². The standard InChI is InChI=1S/C15H12ClNO3/c1-9(18)11-4-2-3-5-14(11)17-15(20)12-8-10(19)6-7-13(12)16/h2-8,19H,1H3,(H,17,20). The highest BCUT2D eigenvalue weighted by Gasteiger charge is 2.14. The van der Waals surface area contributed by atoms with Gasteiger partial charge in [-0.2, -0.15) is 0 Å². The minimum Gasteiger partial charge on any atom is -0.508 e. The molecule has 0 atom stereocenters. The summed E-state index contributed by atoms with van der Waals surface area (Å²) in [6.45, 7) is 1.42. The summed E-state index contributed by atoms with van der Waals surface area (Å²) in [5, 5.41) is 12.2. The number of carbonyl (C=O) groups excluding carboxylic acids is 2. The summed E-state index contributed by atoms with van der Waals surface area (Å²) in [6, 6.07) is 10.8. The van der Waals surface area contributed by atoms with Crippen LogP contribution in [0.25, 0.3) is 0 Å². The molecule has 0 saturated carbocycles. The van der Waals surface area contributed by atoms with Gasteiger partial charge in [0.15, 0.2) is 5.78 Å². The van der Waals surface area contributed by atoms with E-state index in [1.54, 1.807) is 24.3 Å². The van der Waals surface area contributed by atoms with E-state index < -0.39 is 5.91 Å². The largest absolute Gasteiger partial charge is 0.508 e. The molecule has 20 heavy (non-hydrogen) atoms. The summed E-state index contributed by atoms with van der Waals surface area (Å²) >= 11 is 5.92. The first-order valence-corrected chi connectivity index (χ1v) is 6.26. The van der Waals surface area contributed by atoms with Crippen molar-refractivity contribution in [3.63, 3.8) is 0 Å². The number of carbonyl (C=O) groups is 2. The summed E-state index contributed by atoms with van der Waals surface area (Å²) in [5.41, 5.74) is 0.964. The highest BCUT2D eigenvalue weighted by Crippen LogP contribution is 2.23. The average molecular weight is 290 g/mol. The molecule has 0 aliphatic rings. The van der Waals surface area contributed by atoms with E-state index in [0.29, 0.717) is 11.3 Å². The number of hydrogen-bond donors (Lipinski definition) is 2. The minimum absolute atomic E-state index is 0.0561. The van der Waals surface area contributed by atoms with Crippen LogP contribution in [-0.2, 0) is 0 Å². The molecule has 0 heterocycles. The summed E-state index contributed by atoms with van der Waals surface area (Å²) in [6.07, 6.45) is 0. The second-order valence-electron chi connectivity index (χ2n) is 4.22. The quantitative estimate of drug-likeness (QED) is 0.850. The Morgan fingerprint density at radius 1 is 1.10 bits per heavy atom. The number of nitrogens with one attached hydrogen (secondary N) is 1. The van der Waals surface area contributed by atoms with Crippen molar-refractivity contribution in [1.29, 1.82) is 0 Å². The Balaban J connectivity index is 2.33. The molecular weight excluding hydrogens is 278 g/mol. The molecule has 2 aromatic rings. The number of hydrogen-bond acceptors (Lipinski definition) is 3. The number of Topliss-reactive ketones (excluding diaryl/α,β-unsaturated/α-hetero) is 1. The molecule has 2 rings (SSSR count). The minimum atomic E-state index is -0.486. The van der Waals surface area contributed by atoms with Crippen molar-refractivity contribution in [1.82, 2.24) is 0 Å². The Bertz CT molecular complexity index is 683. The van der Waals surface area contributed by atoms with E-state index in [1.807, 2.05) is 0 Å². The molecule has 5 heteroatoms. The number of phenolic OH excluding ortho intramolecular Hbond substituents is 1. The number of halogens is 1. The van der Waals surface area contributed by atoms with E-state index in [2.05, 4.69) is 5.32 Å². The number of phenols is 1. The van der Waals surface area contributed by atoms with Crippen LogP contribution in [0.4, 0.5) is 5.69 Å². The van der Waals surface area contributed by atoms with Gasteiger partial charge in [-0.1, -0.05) is 23.7 Å². The zero-order valence-electron chi connectivity index (χ0n) is 10.7. The molecule has 0 bridgehead atoms. The third-order valence-corrected chi connectivity index (χ3v) is 3.08. The Morgan fingerprint density at radius 2 is 1.80 bits per heavy atom. The number of aromatic hydroxyl groups is 1. The Kier molecular flexibility index (Phi) is 4.05. The van der Waals surface area contributed by atoms with Crippen molar-refractivity contribution < 1.29 is 14.7 Å². The molecule has 2 N–H and O–H groups in total. The molecule has 0 unspecified atom stereocenters. The van der Waals surface area contributed by atoms with E-state index in [4.69, 9.17) is 11.6 Å². The Morgan fingerprint density at radius 3 is 2.50 bits per heavy atom. The first kappa shape index (κ1) is 14.1.